The maximum atomic E-state index is 15.6. The molecule has 6 bridgehead atoms. The van der Waals surface area contributed by atoms with Crippen LogP contribution in [0.2, 0.25) is 0 Å². The van der Waals surface area contributed by atoms with Crippen molar-refractivity contribution in [3.05, 3.63) is 72.1 Å². The number of rotatable bonds is 6. The molecule has 0 radical (unpaired) electrons. The van der Waals surface area contributed by atoms with Crippen molar-refractivity contribution < 1.29 is 32.2 Å². The number of fused-ring (bicyclic) bond motifs is 8. The molecule has 11 rings (SSSR count). The first-order valence-corrected chi connectivity index (χ1v) is 21.3. The lowest BCUT2D eigenvalue weighted by Crippen LogP contribution is -2.68. The number of piperazine rings is 1. The molecule has 4 aromatic heterocycles. The first-order valence-electron chi connectivity index (χ1n) is 21.3. The lowest BCUT2D eigenvalue weighted by Gasteiger charge is -2.49. The van der Waals surface area contributed by atoms with Gasteiger partial charge in [0.25, 0.3) is 0 Å². The molecule has 63 heavy (non-hydrogen) atoms. The second-order valence-electron chi connectivity index (χ2n) is 17.0. The fraction of sp³-hybridized carbons (Fsp3) is 0.442. The van der Waals surface area contributed by atoms with Gasteiger partial charge in [-0.05, 0) is 57.4 Å². The zero-order chi connectivity index (χ0) is 43.3. The van der Waals surface area contributed by atoms with Crippen LogP contribution < -0.4 is 15.1 Å². The minimum Gasteiger partial charge on any atom is -0.377 e. The van der Waals surface area contributed by atoms with Crippen molar-refractivity contribution in [3.8, 4) is 16.9 Å². The maximum Gasteiger partial charge on any atom is 0.248 e. The lowest BCUT2D eigenvalue weighted by molar-refractivity contribution is -0.141. The fourth-order valence-corrected chi connectivity index (χ4v) is 9.82. The van der Waals surface area contributed by atoms with E-state index in [0.29, 0.717) is 72.0 Å². The number of likely N-dealkylation sites (N-methyl/N-ethyl adjacent to an activating group) is 1. The molecule has 20 heteroatoms. The Labute approximate surface area is 358 Å². The van der Waals surface area contributed by atoms with Gasteiger partial charge in [-0.25, -0.2) is 32.8 Å². The number of benzene rings is 2. The van der Waals surface area contributed by atoms with Gasteiger partial charge in [0.15, 0.2) is 11.5 Å². The highest BCUT2D eigenvalue weighted by Crippen LogP contribution is 2.39. The van der Waals surface area contributed by atoms with E-state index in [1.54, 1.807) is 24.2 Å². The summed E-state index contributed by atoms with van der Waals surface area (Å²) in [6.07, 6.45) is 4.83. The van der Waals surface area contributed by atoms with E-state index in [4.69, 9.17) is 29.4 Å². The number of anilines is 3. The van der Waals surface area contributed by atoms with E-state index in [9.17, 15) is 9.18 Å². The summed E-state index contributed by atoms with van der Waals surface area (Å²) in [4.78, 5) is 60.7. The van der Waals surface area contributed by atoms with Gasteiger partial charge >= 0.3 is 0 Å². The van der Waals surface area contributed by atoms with Gasteiger partial charge in [-0.15, -0.1) is 0 Å². The van der Waals surface area contributed by atoms with Gasteiger partial charge in [0.2, 0.25) is 23.7 Å². The Morgan fingerprint density at radius 3 is 2.56 bits per heavy atom. The van der Waals surface area contributed by atoms with E-state index < -0.39 is 41.7 Å². The minimum atomic E-state index is -0.850. The summed E-state index contributed by atoms with van der Waals surface area (Å²) in [6.45, 7) is 5.76. The molecule has 3 saturated heterocycles. The Balaban J connectivity index is 1.05. The molecule has 1 N–H and O–H groups in total. The van der Waals surface area contributed by atoms with E-state index in [1.807, 2.05) is 33.1 Å². The average molecular weight is 864 g/mol. The number of ether oxygens (including phenoxy) is 2. The number of morpholine rings is 1. The third-order valence-electron chi connectivity index (χ3n) is 12.8. The van der Waals surface area contributed by atoms with E-state index in [0.717, 1.165) is 25.0 Å². The summed E-state index contributed by atoms with van der Waals surface area (Å²) >= 11 is 0. The molecular formula is C43H44F3N13O4. The molecule has 0 spiro atoms. The second kappa shape index (κ2) is 15.1. The maximum absolute atomic E-state index is 15.6. The summed E-state index contributed by atoms with van der Waals surface area (Å²) in [5, 5.41) is 8.42. The van der Waals surface area contributed by atoms with Gasteiger partial charge in [0.1, 0.15) is 41.0 Å². The van der Waals surface area contributed by atoms with Gasteiger partial charge in [-0.1, -0.05) is 0 Å². The zero-order valence-corrected chi connectivity index (χ0v) is 34.8. The topological polar surface area (TPSA) is 165 Å². The third-order valence-corrected chi connectivity index (χ3v) is 12.8. The summed E-state index contributed by atoms with van der Waals surface area (Å²) < 4.78 is 60.5. The van der Waals surface area contributed by atoms with Gasteiger partial charge < -0.3 is 39.0 Å². The molecule has 1 saturated carbocycles. The van der Waals surface area contributed by atoms with Crippen LogP contribution in [0.3, 0.4) is 0 Å². The number of nitrogens with zero attached hydrogens (tertiary/aromatic N) is 12. The van der Waals surface area contributed by atoms with Crippen LogP contribution in [0.4, 0.5) is 30.9 Å². The van der Waals surface area contributed by atoms with E-state index >= 15 is 13.6 Å². The smallest absolute Gasteiger partial charge is 0.248 e. The second-order valence-corrected chi connectivity index (χ2v) is 17.0. The Hall–Kier alpha value is -6.41. The van der Waals surface area contributed by atoms with Crippen molar-refractivity contribution in [2.45, 2.75) is 76.0 Å². The summed E-state index contributed by atoms with van der Waals surface area (Å²) in [7, 11) is 1.74. The number of carbonyl (C=O) groups excluding carboxylic acids is 2. The first kappa shape index (κ1) is 39.4. The molecule has 8 heterocycles. The quantitative estimate of drug-likeness (QED) is 0.257. The number of halogens is 3. The van der Waals surface area contributed by atoms with Gasteiger partial charge in [-0.3, -0.25) is 9.59 Å². The Kier molecular flexibility index (Phi) is 9.48. The molecule has 4 aliphatic heterocycles. The van der Waals surface area contributed by atoms with Crippen LogP contribution in [-0.4, -0.2) is 144 Å². The zero-order valence-electron chi connectivity index (χ0n) is 34.8. The normalized spacial score (nSPS) is 24.0. The van der Waals surface area contributed by atoms with Crippen molar-refractivity contribution in [1.29, 1.82) is 0 Å². The number of aryl methyl sites for hydroxylation is 1. The number of carbonyl (C=O) groups is 2. The van der Waals surface area contributed by atoms with Crippen molar-refractivity contribution >= 4 is 51.6 Å². The van der Waals surface area contributed by atoms with Crippen molar-refractivity contribution in [2.24, 2.45) is 0 Å². The molecule has 4 fully saturated rings. The summed E-state index contributed by atoms with van der Waals surface area (Å²) in [6, 6.07) is 5.77. The highest BCUT2D eigenvalue weighted by molar-refractivity contribution is 5.95. The molecule has 17 nitrogen and oxygen atoms in total. The van der Waals surface area contributed by atoms with Crippen LogP contribution in [0.5, 0.6) is 0 Å². The molecule has 5 atom stereocenters. The van der Waals surface area contributed by atoms with E-state index in [1.165, 1.54) is 29.1 Å². The van der Waals surface area contributed by atoms with E-state index in [-0.39, 0.29) is 66.8 Å². The Morgan fingerprint density at radius 1 is 0.889 bits per heavy atom. The van der Waals surface area contributed by atoms with Crippen molar-refractivity contribution in [3.63, 3.8) is 0 Å². The van der Waals surface area contributed by atoms with Crippen LogP contribution in [-0.2, 0) is 25.6 Å². The van der Waals surface area contributed by atoms with Crippen molar-refractivity contribution in [2.75, 3.05) is 61.6 Å². The number of imidazole rings is 1. The predicted octanol–water partition coefficient (Wildman–Crippen LogP) is 3.86. The summed E-state index contributed by atoms with van der Waals surface area (Å²) in [5.74, 6) is -0.891. The van der Waals surface area contributed by atoms with Crippen LogP contribution in [0.25, 0.3) is 39.0 Å². The standard InChI is InChI=1S/C43H44F3N13O4/c1-4-63-28-18-54(3)40(60)35-14-25(50-42-47-10-9-32(51-42)29-11-24(45)13-33-37(29)55(19-28)22(2)49-33)16-57(35)38-30-15-48-59(34-8-5-23(44)12-31(34)46)39(30)53-43(52-38)58-27-17-56(26-6-7-26)41(61)36(58)21-62-20-27/h5,8-13,15,25-28,35-36H,4,6-7,14,16-21H2,1-3H3,(H,47,50,51)/t25-,27+,28-,35-,36+/m0/s1. The summed E-state index contributed by atoms with van der Waals surface area (Å²) in [5.41, 5.74) is 2.34. The number of hydrogen-bond donors (Lipinski definition) is 1. The number of nitrogens with one attached hydrogen (secondary N) is 1. The third kappa shape index (κ3) is 6.77. The molecule has 2 aromatic carbocycles. The average Bonchev–Trinajstić information content (AvgIpc) is 3.77. The van der Waals surface area contributed by atoms with Gasteiger partial charge in [0.05, 0.1) is 60.2 Å². The number of amides is 2. The van der Waals surface area contributed by atoms with Crippen LogP contribution >= 0.6 is 0 Å². The Bertz CT molecular complexity index is 2820. The van der Waals surface area contributed by atoms with Crippen LogP contribution in [0.15, 0.2) is 48.8 Å². The van der Waals surface area contributed by atoms with Crippen LogP contribution in [0, 0.1) is 24.4 Å². The molecule has 1 aliphatic carbocycles. The first-order chi connectivity index (χ1) is 30.5. The van der Waals surface area contributed by atoms with Gasteiger partial charge in [-0.2, -0.15) is 15.1 Å². The van der Waals surface area contributed by atoms with Gasteiger partial charge in [0, 0.05) is 69.3 Å². The molecule has 5 aliphatic rings. The largest absolute Gasteiger partial charge is 0.377 e. The lowest BCUT2D eigenvalue weighted by atomic mass is 10.0. The number of aromatic nitrogens is 8. The SMILES string of the molecule is CCO[C@H]1CN(C)C(=O)[C@@H]2C[C@@H](CN2c2nc(N3[C@H]4COC[C@@H]3C(=O)N(C3CC3)C4)nc3c2cnn3-c2ccc(F)cc2F)Nc2nccc(n2)-c2cc(F)cc3nc(C)n(c23)C1. The predicted molar refractivity (Wildman–Crippen MR) is 224 cm³/mol. The fourth-order valence-electron chi connectivity index (χ4n) is 9.82. The van der Waals surface area contributed by atoms with E-state index in [2.05, 4.69) is 15.4 Å². The molecule has 326 valence electrons. The van der Waals surface area contributed by atoms with Crippen LogP contribution in [0.1, 0.15) is 32.0 Å². The molecular weight excluding hydrogens is 820 g/mol. The molecule has 6 aromatic rings. The number of hydrogen-bond acceptors (Lipinski definition) is 13. The molecule has 0 unspecified atom stereocenters. The van der Waals surface area contributed by atoms with Crippen molar-refractivity contribution in [1.82, 2.24) is 49.1 Å². The minimum absolute atomic E-state index is 0.0409. The Morgan fingerprint density at radius 2 is 1.75 bits per heavy atom. The molecule has 2 amide bonds. The highest BCUT2D eigenvalue weighted by atomic mass is 19.1. The highest BCUT2D eigenvalue weighted by Gasteiger charge is 2.50. The monoisotopic (exact) mass is 863 g/mol.